The van der Waals surface area contributed by atoms with Crippen molar-refractivity contribution in [3.8, 4) is 5.75 Å². The first-order valence-corrected chi connectivity index (χ1v) is 8.59. The lowest BCUT2D eigenvalue weighted by Crippen LogP contribution is -2.25. The summed E-state index contributed by atoms with van der Waals surface area (Å²) in [7, 11) is 1.67. The molecular formula is C19H28N2O3. The van der Waals surface area contributed by atoms with Gasteiger partial charge in [0.1, 0.15) is 5.75 Å². The minimum absolute atomic E-state index is 0.0364. The number of nitrogens with zero attached hydrogens (tertiary/aromatic N) is 2. The summed E-state index contributed by atoms with van der Waals surface area (Å²) in [6.07, 6.45) is 9.07. The minimum atomic E-state index is 0.0364. The standard InChI is InChI=1S/C19H28N2O3/c1-3-4-5-12-24-19(13-21-11-10-20-16-21)15-23-14-17-6-8-18(22-2)9-7-17/h6-11,16,19H,3-5,12-15H2,1-2H3. The molecule has 0 aliphatic heterocycles. The van der Waals surface area contributed by atoms with Crippen molar-refractivity contribution in [2.75, 3.05) is 20.3 Å². The fourth-order valence-electron chi connectivity index (χ4n) is 2.42. The maximum atomic E-state index is 6.00. The Morgan fingerprint density at radius 3 is 2.67 bits per heavy atom. The molecule has 0 radical (unpaired) electrons. The van der Waals surface area contributed by atoms with Crippen LogP contribution in [-0.2, 0) is 22.6 Å². The SMILES string of the molecule is CCCCCOC(COCc1ccc(OC)cc1)Cn1ccnc1. The molecule has 0 spiro atoms. The summed E-state index contributed by atoms with van der Waals surface area (Å²) in [5, 5.41) is 0. The molecule has 0 amide bonds. The van der Waals surface area contributed by atoms with E-state index < -0.39 is 0 Å². The highest BCUT2D eigenvalue weighted by atomic mass is 16.5. The fourth-order valence-corrected chi connectivity index (χ4v) is 2.42. The highest BCUT2D eigenvalue weighted by molar-refractivity contribution is 5.26. The van der Waals surface area contributed by atoms with Crippen molar-refractivity contribution in [3.05, 3.63) is 48.5 Å². The minimum Gasteiger partial charge on any atom is -0.497 e. The van der Waals surface area contributed by atoms with E-state index in [-0.39, 0.29) is 6.10 Å². The number of ether oxygens (including phenoxy) is 3. The third-order valence-corrected chi connectivity index (χ3v) is 3.81. The van der Waals surface area contributed by atoms with Gasteiger partial charge >= 0.3 is 0 Å². The predicted molar refractivity (Wildman–Crippen MR) is 94.1 cm³/mol. The molecule has 1 unspecified atom stereocenters. The van der Waals surface area contributed by atoms with Crippen LogP contribution in [0.1, 0.15) is 31.7 Å². The summed E-state index contributed by atoms with van der Waals surface area (Å²) in [6, 6.07) is 7.93. The van der Waals surface area contributed by atoms with Gasteiger partial charge in [0, 0.05) is 19.0 Å². The topological polar surface area (TPSA) is 45.5 Å². The molecule has 1 heterocycles. The number of imidazole rings is 1. The molecule has 0 saturated carbocycles. The molecule has 0 bridgehead atoms. The summed E-state index contributed by atoms with van der Waals surface area (Å²) < 4.78 is 19.1. The van der Waals surface area contributed by atoms with Crippen LogP contribution in [0.4, 0.5) is 0 Å². The van der Waals surface area contributed by atoms with Crippen LogP contribution < -0.4 is 4.74 Å². The van der Waals surface area contributed by atoms with E-state index >= 15 is 0 Å². The number of benzene rings is 1. The molecule has 2 aromatic rings. The van der Waals surface area contributed by atoms with E-state index in [0.717, 1.165) is 30.9 Å². The monoisotopic (exact) mass is 332 g/mol. The third kappa shape index (κ3) is 6.72. The van der Waals surface area contributed by atoms with Crippen molar-refractivity contribution in [1.29, 1.82) is 0 Å². The summed E-state index contributed by atoms with van der Waals surface area (Å²) >= 11 is 0. The van der Waals surface area contributed by atoms with Gasteiger partial charge in [-0.15, -0.1) is 0 Å². The Kier molecular flexibility index (Phi) is 8.35. The van der Waals surface area contributed by atoms with Crippen molar-refractivity contribution >= 4 is 0 Å². The van der Waals surface area contributed by atoms with Gasteiger partial charge in [-0.25, -0.2) is 4.98 Å². The lowest BCUT2D eigenvalue weighted by atomic mass is 10.2. The Morgan fingerprint density at radius 2 is 2.00 bits per heavy atom. The van der Waals surface area contributed by atoms with Gasteiger partial charge in [-0.2, -0.15) is 0 Å². The zero-order valence-electron chi connectivity index (χ0n) is 14.7. The van der Waals surface area contributed by atoms with E-state index in [1.54, 1.807) is 13.3 Å². The highest BCUT2D eigenvalue weighted by Gasteiger charge is 2.10. The van der Waals surface area contributed by atoms with E-state index in [4.69, 9.17) is 14.2 Å². The largest absolute Gasteiger partial charge is 0.497 e. The number of methoxy groups -OCH3 is 1. The molecule has 1 atom stereocenters. The maximum absolute atomic E-state index is 6.00. The Bertz CT molecular complexity index is 540. The van der Waals surface area contributed by atoms with Crippen LogP contribution in [0.25, 0.3) is 0 Å². The quantitative estimate of drug-likeness (QED) is 0.556. The Labute approximate surface area is 144 Å². The van der Waals surface area contributed by atoms with Crippen LogP contribution in [0, 0.1) is 0 Å². The average molecular weight is 332 g/mol. The van der Waals surface area contributed by atoms with Crippen molar-refractivity contribution < 1.29 is 14.2 Å². The van der Waals surface area contributed by atoms with Crippen molar-refractivity contribution in [2.45, 2.75) is 45.4 Å². The lowest BCUT2D eigenvalue weighted by Gasteiger charge is -2.19. The first kappa shape index (κ1) is 18.5. The van der Waals surface area contributed by atoms with Crippen LogP contribution in [0.3, 0.4) is 0 Å². The number of unbranched alkanes of at least 4 members (excludes halogenated alkanes) is 2. The summed E-state index contributed by atoms with van der Waals surface area (Å²) in [5.74, 6) is 0.857. The summed E-state index contributed by atoms with van der Waals surface area (Å²) in [4.78, 5) is 4.08. The molecule has 0 fully saturated rings. The molecule has 0 N–H and O–H groups in total. The Morgan fingerprint density at radius 1 is 1.17 bits per heavy atom. The molecule has 24 heavy (non-hydrogen) atoms. The Hall–Kier alpha value is -1.85. The Balaban J connectivity index is 1.77. The molecule has 5 nitrogen and oxygen atoms in total. The lowest BCUT2D eigenvalue weighted by molar-refractivity contribution is -0.0305. The second-order valence-electron chi connectivity index (χ2n) is 5.82. The molecule has 0 saturated heterocycles. The number of rotatable bonds is 12. The van der Waals surface area contributed by atoms with Crippen LogP contribution >= 0.6 is 0 Å². The van der Waals surface area contributed by atoms with E-state index in [1.165, 1.54) is 12.8 Å². The molecule has 0 aliphatic rings. The number of aromatic nitrogens is 2. The first-order chi connectivity index (χ1) is 11.8. The molecule has 5 heteroatoms. The summed E-state index contributed by atoms with van der Waals surface area (Å²) in [6.45, 7) is 4.87. The normalized spacial score (nSPS) is 12.2. The van der Waals surface area contributed by atoms with Gasteiger partial charge in [-0.05, 0) is 24.1 Å². The van der Waals surface area contributed by atoms with Gasteiger partial charge in [0.15, 0.2) is 0 Å². The van der Waals surface area contributed by atoms with Crippen molar-refractivity contribution in [3.63, 3.8) is 0 Å². The van der Waals surface area contributed by atoms with E-state index in [0.29, 0.717) is 13.2 Å². The van der Waals surface area contributed by atoms with Crippen LogP contribution in [0.5, 0.6) is 5.75 Å². The fraction of sp³-hybridized carbons (Fsp3) is 0.526. The second kappa shape index (κ2) is 10.8. The smallest absolute Gasteiger partial charge is 0.118 e. The van der Waals surface area contributed by atoms with Crippen LogP contribution in [0.2, 0.25) is 0 Å². The van der Waals surface area contributed by atoms with E-state index in [9.17, 15) is 0 Å². The predicted octanol–water partition coefficient (Wildman–Crippen LogP) is 3.68. The number of hydrogen-bond acceptors (Lipinski definition) is 4. The van der Waals surface area contributed by atoms with Gasteiger partial charge in [0.05, 0.1) is 39.3 Å². The molecule has 2 rings (SSSR count). The molecule has 0 aliphatic carbocycles. The second-order valence-corrected chi connectivity index (χ2v) is 5.82. The van der Waals surface area contributed by atoms with Gasteiger partial charge in [-0.1, -0.05) is 31.9 Å². The number of hydrogen-bond donors (Lipinski definition) is 0. The van der Waals surface area contributed by atoms with Crippen molar-refractivity contribution in [2.24, 2.45) is 0 Å². The van der Waals surface area contributed by atoms with Crippen molar-refractivity contribution in [1.82, 2.24) is 9.55 Å². The summed E-state index contributed by atoms with van der Waals surface area (Å²) in [5.41, 5.74) is 1.13. The van der Waals surface area contributed by atoms with Crippen LogP contribution in [-0.4, -0.2) is 36.0 Å². The first-order valence-electron chi connectivity index (χ1n) is 8.59. The highest BCUT2D eigenvalue weighted by Crippen LogP contribution is 2.12. The van der Waals surface area contributed by atoms with Gasteiger partial charge in [0.2, 0.25) is 0 Å². The molecular weight excluding hydrogens is 304 g/mol. The van der Waals surface area contributed by atoms with Crippen LogP contribution in [0.15, 0.2) is 43.0 Å². The van der Waals surface area contributed by atoms with Gasteiger partial charge in [-0.3, -0.25) is 0 Å². The molecule has 132 valence electrons. The molecule has 1 aromatic heterocycles. The van der Waals surface area contributed by atoms with E-state index in [1.807, 2.05) is 41.4 Å². The molecule has 1 aromatic carbocycles. The third-order valence-electron chi connectivity index (χ3n) is 3.81. The van der Waals surface area contributed by atoms with E-state index in [2.05, 4.69) is 11.9 Å². The average Bonchev–Trinajstić information content (AvgIpc) is 3.12. The van der Waals surface area contributed by atoms with Gasteiger partial charge < -0.3 is 18.8 Å². The zero-order chi connectivity index (χ0) is 17.0. The maximum Gasteiger partial charge on any atom is 0.118 e. The zero-order valence-corrected chi connectivity index (χ0v) is 14.7. The van der Waals surface area contributed by atoms with Gasteiger partial charge in [0.25, 0.3) is 0 Å².